The molecule has 1 saturated heterocycles. The summed E-state index contributed by atoms with van der Waals surface area (Å²) in [6, 6.07) is 21.4. The Hall–Kier alpha value is -3.71. The number of piperazine rings is 1. The molecule has 172 valence electrons. The Labute approximate surface area is 200 Å². The zero-order valence-electron chi connectivity index (χ0n) is 18.2. The second-order valence-electron chi connectivity index (χ2n) is 8.04. The summed E-state index contributed by atoms with van der Waals surface area (Å²) in [5.41, 5.74) is 2.88. The fraction of sp³-hybridized carbons (Fsp3) is 0.154. The van der Waals surface area contributed by atoms with Crippen molar-refractivity contribution in [1.82, 2.24) is 14.7 Å². The van der Waals surface area contributed by atoms with E-state index < -0.39 is 0 Å². The number of rotatable bonds is 4. The average molecular weight is 479 g/mol. The highest BCUT2D eigenvalue weighted by Crippen LogP contribution is 2.25. The third-order valence-electron chi connectivity index (χ3n) is 5.90. The molecule has 0 atom stereocenters. The van der Waals surface area contributed by atoms with Crippen molar-refractivity contribution in [3.05, 3.63) is 101 Å². The van der Waals surface area contributed by atoms with Crippen LogP contribution in [-0.4, -0.2) is 46.8 Å². The van der Waals surface area contributed by atoms with E-state index in [4.69, 9.17) is 11.6 Å². The van der Waals surface area contributed by atoms with E-state index in [0.29, 0.717) is 59.5 Å². The summed E-state index contributed by atoms with van der Waals surface area (Å²) in [6.07, 6.45) is 0. The number of aromatic nitrogens is 2. The SMILES string of the molecule is O=C(c1cc(-c2ccc(F)cc2)nn1-c1ccc(Cl)cc1)N1CCN(c2ccccc2F)CC1. The van der Waals surface area contributed by atoms with Gasteiger partial charge in [-0.25, -0.2) is 13.5 Å². The molecule has 3 aromatic carbocycles. The van der Waals surface area contributed by atoms with Crippen molar-refractivity contribution in [2.75, 3.05) is 31.1 Å². The number of carbonyl (C=O) groups excluding carboxylic acids is 1. The van der Waals surface area contributed by atoms with Crippen LogP contribution in [0.1, 0.15) is 10.5 Å². The number of hydrogen-bond acceptors (Lipinski definition) is 3. The maximum absolute atomic E-state index is 14.2. The van der Waals surface area contributed by atoms with E-state index in [-0.39, 0.29) is 17.5 Å². The first kappa shape index (κ1) is 22.1. The Morgan fingerprint density at radius 1 is 0.853 bits per heavy atom. The van der Waals surface area contributed by atoms with Gasteiger partial charge in [0.05, 0.1) is 17.1 Å². The van der Waals surface area contributed by atoms with Crippen LogP contribution < -0.4 is 4.90 Å². The molecule has 1 aliphatic rings. The van der Waals surface area contributed by atoms with E-state index >= 15 is 0 Å². The molecular formula is C26H21ClF2N4O. The standard InChI is InChI=1S/C26H21ClF2N4O/c27-19-7-11-21(12-8-19)33-25(17-23(30-33)18-5-9-20(28)10-6-18)26(34)32-15-13-31(14-16-32)24-4-2-1-3-22(24)29/h1-12,17H,13-16H2. The third-order valence-corrected chi connectivity index (χ3v) is 6.15. The number of nitrogens with zero attached hydrogens (tertiary/aromatic N) is 4. The van der Waals surface area contributed by atoms with Crippen LogP contribution in [0.5, 0.6) is 0 Å². The van der Waals surface area contributed by atoms with Crippen LogP contribution in [0.4, 0.5) is 14.5 Å². The summed E-state index contributed by atoms with van der Waals surface area (Å²) < 4.78 is 29.2. The first-order valence-electron chi connectivity index (χ1n) is 10.9. The molecule has 8 heteroatoms. The third kappa shape index (κ3) is 4.39. The van der Waals surface area contributed by atoms with E-state index in [0.717, 1.165) is 0 Å². The lowest BCUT2D eigenvalue weighted by Gasteiger charge is -2.36. The first-order valence-corrected chi connectivity index (χ1v) is 11.3. The lowest BCUT2D eigenvalue weighted by atomic mass is 10.1. The molecule has 2 heterocycles. The van der Waals surface area contributed by atoms with Crippen molar-refractivity contribution in [2.45, 2.75) is 0 Å². The predicted molar refractivity (Wildman–Crippen MR) is 128 cm³/mol. The second-order valence-corrected chi connectivity index (χ2v) is 8.48. The van der Waals surface area contributed by atoms with Crippen LogP contribution in [0.25, 0.3) is 16.9 Å². The van der Waals surface area contributed by atoms with Gasteiger partial charge in [0.15, 0.2) is 0 Å². The number of carbonyl (C=O) groups is 1. The summed E-state index contributed by atoms with van der Waals surface area (Å²) in [5, 5.41) is 5.22. The van der Waals surface area contributed by atoms with Gasteiger partial charge in [0, 0.05) is 36.8 Å². The molecule has 5 rings (SSSR count). The number of halogens is 3. The van der Waals surface area contributed by atoms with Crippen LogP contribution >= 0.6 is 11.6 Å². The van der Waals surface area contributed by atoms with Gasteiger partial charge in [-0.15, -0.1) is 0 Å². The zero-order chi connectivity index (χ0) is 23.7. The summed E-state index contributed by atoms with van der Waals surface area (Å²) >= 11 is 6.04. The zero-order valence-corrected chi connectivity index (χ0v) is 18.9. The molecule has 1 aromatic heterocycles. The lowest BCUT2D eigenvalue weighted by molar-refractivity contribution is 0.0737. The molecule has 5 nitrogen and oxygen atoms in total. The Morgan fingerprint density at radius 2 is 1.53 bits per heavy atom. The first-order chi connectivity index (χ1) is 16.5. The molecule has 0 unspecified atom stereocenters. The highest BCUT2D eigenvalue weighted by atomic mass is 35.5. The van der Waals surface area contributed by atoms with Crippen LogP contribution in [0.2, 0.25) is 5.02 Å². The quantitative estimate of drug-likeness (QED) is 0.392. The smallest absolute Gasteiger partial charge is 0.272 e. The molecule has 1 aliphatic heterocycles. The van der Waals surface area contributed by atoms with E-state index in [2.05, 4.69) is 5.10 Å². The molecule has 0 N–H and O–H groups in total. The molecule has 1 fully saturated rings. The number of para-hydroxylation sites is 1. The molecule has 0 saturated carbocycles. The molecule has 1 amide bonds. The molecule has 34 heavy (non-hydrogen) atoms. The van der Waals surface area contributed by atoms with Crippen LogP contribution in [0.3, 0.4) is 0 Å². The Bertz CT molecular complexity index is 1310. The molecular weight excluding hydrogens is 458 g/mol. The van der Waals surface area contributed by atoms with Gasteiger partial charge in [-0.2, -0.15) is 5.10 Å². The van der Waals surface area contributed by atoms with Gasteiger partial charge in [-0.1, -0.05) is 23.7 Å². The largest absolute Gasteiger partial charge is 0.366 e. The number of hydrogen-bond donors (Lipinski definition) is 0. The van der Waals surface area contributed by atoms with Crippen molar-refractivity contribution in [1.29, 1.82) is 0 Å². The van der Waals surface area contributed by atoms with Crippen LogP contribution in [0, 0.1) is 11.6 Å². The van der Waals surface area contributed by atoms with Crippen molar-refractivity contribution >= 4 is 23.2 Å². The van der Waals surface area contributed by atoms with Gasteiger partial charge in [-0.3, -0.25) is 4.79 Å². The highest BCUT2D eigenvalue weighted by Gasteiger charge is 2.27. The minimum absolute atomic E-state index is 0.177. The van der Waals surface area contributed by atoms with Gasteiger partial charge in [0.1, 0.15) is 17.3 Å². The minimum atomic E-state index is -0.343. The number of benzene rings is 3. The average Bonchev–Trinajstić information content (AvgIpc) is 3.30. The fourth-order valence-corrected chi connectivity index (χ4v) is 4.22. The maximum atomic E-state index is 14.2. The van der Waals surface area contributed by atoms with Crippen molar-refractivity contribution in [3.8, 4) is 16.9 Å². The van der Waals surface area contributed by atoms with Gasteiger partial charge in [0.25, 0.3) is 5.91 Å². The van der Waals surface area contributed by atoms with Crippen molar-refractivity contribution < 1.29 is 13.6 Å². The normalized spacial score (nSPS) is 13.9. The maximum Gasteiger partial charge on any atom is 0.272 e. The van der Waals surface area contributed by atoms with E-state index in [9.17, 15) is 13.6 Å². The highest BCUT2D eigenvalue weighted by molar-refractivity contribution is 6.30. The molecule has 0 spiro atoms. The lowest BCUT2D eigenvalue weighted by Crippen LogP contribution is -2.49. The van der Waals surface area contributed by atoms with E-state index in [1.54, 1.807) is 70.2 Å². The predicted octanol–water partition coefficient (Wildman–Crippen LogP) is 5.43. The van der Waals surface area contributed by atoms with Gasteiger partial charge in [0.2, 0.25) is 0 Å². The van der Waals surface area contributed by atoms with Crippen molar-refractivity contribution in [3.63, 3.8) is 0 Å². The molecule has 0 bridgehead atoms. The van der Waals surface area contributed by atoms with E-state index in [1.807, 2.05) is 4.90 Å². The second kappa shape index (κ2) is 9.27. The minimum Gasteiger partial charge on any atom is -0.366 e. The summed E-state index contributed by atoms with van der Waals surface area (Å²) in [4.78, 5) is 17.2. The molecule has 0 radical (unpaired) electrons. The van der Waals surface area contributed by atoms with Crippen molar-refractivity contribution in [2.24, 2.45) is 0 Å². The van der Waals surface area contributed by atoms with Gasteiger partial charge < -0.3 is 9.80 Å². The van der Waals surface area contributed by atoms with Gasteiger partial charge >= 0.3 is 0 Å². The summed E-state index contributed by atoms with van der Waals surface area (Å²) in [6.45, 7) is 1.94. The van der Waals surface area contributed by atoms with Crippen LogP contribution in [-0.2, 0) is 0 Å². The Kier molecular flexibility index (Phi) is 6.02. The number of amides is 1. The van der Waals surface area contributed by atoms with Crippen LogP contribution in [0.15, 0.2) is 78.9 Å². The summed E-state index contributed by atoms with van der Waals surface area (Å²) in [7, 11) is 0. The molecule has 0 aliphatic carbocycles. The Morgan fingerprint density at radius 3 is 2.21 bits per heavy atom. The summed E-state index contributed by atoms with van der Waals surface area (Å²) in [5.74, 6) is -0.791. The number of anilines is 1. The topological polar surface area (TPSA) is 41.4 Å². The van der Waals surface area contributed by atoms with E-state index in [1.165, 1.54) is 18.2 Å². The monoisotopic (exact) mass is 478 g/mol. The fourth-order valence-electron chi connectivity index (χ4n) is 4.09. The molecule has 4 aromatic rings. The van der Waals surface area contributed by atoms with Gasteiger partial charge in [-0.05, 0) is 66.7 Å². The Balaban J connectivity index is 1.43.